The number of ether oxygens (including phenoxy) is 1. The maximum absolute atomic E-state index is 13.6. The Labute approximate surface area is 278 Å². The fraction of sp³-hybridized carbons (Fsp3) is 0.306. The van der Waals surface area contributed by atoms with Crippen LogP contribution in [0.5, 0.6) is 5.75 Å². The summed E-state index contributed by atoms with van der Waals surface area (Å²) < 4.78 is 32.6. The van der Waals surface area contributed by atoms with Gasteiger partial charge in [-0.2, -0.15) is 0 Å². The third-order valence-electron chi connectivity index (χ3n) is 9.02. The first kappa shape index (κ1) is 33.9. The highest BCUT2D eigenvalue weighted by atomic mass is 32.2. The van der Waals surface area contributed by atoms with Gasteiger partial charge in [0.05, 0.1) is 18.8 Å². The number of nitrogens with zero attached hydrogens (tertiary/aromatic N) is 1. The second-order valence-corrected chi connectivity index (χ2v) is 13.7. The summed E-state index contributed by atoms with van der Waals surface area (Å²) in [5, 5.41) is 61.2. The number of benzene rings is 4. The molecule has 9 unspecified atom stereocenters. The van der Waals surface area contributed by atoms with Crippen molar-refractivity contribution in [2.24, 2.45) is 0 Å². The predicted molar refractivity (Wildman–Crippen MR) is 176 cm³/mol. The van der Waals surface area contributed by atoms with Gasteiger partial charge >= 0.3 is 0 Å². The summed E-state index contributed by atoms with van der Waals surface area (Å²) >= 11 is 0. The minimum Gasteiger partial charge on any atom is -0.508 e. The Bertz CT molecular complexity index is 1760. The zero-order valence-electron chi connectivity index (χ0n) is 25.6. The van der Waals surface area contributed by atoms with Crippen molar-refractivity contribution in [2.45, 2.75) is 54.3 Å². The number of amides is 1. The molecule has 2 aliphatic rings. The molecule has 4 aromatic carbocycles. The normalized spacial score (nSPS) is 26.9. The average Bonchev–Trinajstić information content (AvgIpc) is 3.10. The van der Waals surface area contributed by atoms with Crippen LogP contribution in [0.25, 0.3) is 11.1 Å². The van der Waals surface area contributed by atoms with E-state index in [1.54, 1.807) is 66.7 Å². The number of anilines is 1. The molecule has 2 fully saturated rings. The molecule has 0 radical (unpaired) electrons. The number of aliphatic hydroxyl groups excluding tert-OH is 5. The van der Waals surface area contributed by atoms with Gasteiger partial charge in [0.1, 0.15) is 47.3 Å². The number of halogens is 1. The molecule has 0 spiro atoms. The summed E-state index contributed by atoms with van der Waals surface area (Å²) in [5.74, 6) is -0.909. The second-order valence-electron chi connectivity index (χ2n) is 12.0. The standard InChI is InChI=1S/C36H36FNO9S/c37-24-13-10-21(11-14-24)27(40)16-17-48(46)35-30(38(36(35)45)25-4-2-1-3-5-25)26-15-12-23(18-28(26)41)20-6-8-22(9-7-20)34-33(44)32(43)31(42)29(19-39)47-34/h1-15,18,27,29-35,39-44H,16-17,19H2. The Morgan fingerprint density at radius 1 is 0.854 bits per heavy atom. The van der Waals surface area contributed by atoms with Crippen molar-refractivity contribution in [1.29, 1.82) is 0 Å². The topological polar surface area (TPSA) is 168 Å². The van der Waals surface area contributed by atoms with Crippen molar-refractivity contribution in [3.8, 4) is 16.9 Å². The number of rotatable bonds is 10. The summed E-state index contributed by atoms with van der Waals surface area (Å²) in [6.07, 6.45) is -7.31. The van der Waals surface area contributed by atoms with E-state index in [1.165, 1.54) is 29.2 Å². The predicted octanol–water partition coefficient (Wildman–Crippen LogP) is 3.04. The van der Waals surface area contributed by atoms with Gasteiger partial charge in [-0.15, -0.1) is 0 Å². The quantitative estimate of drug-likeness (QED) is 0.138. The number of para-hydroxylation sites is 1. The molecule has 2 heterocycles. The molecule has 12 heteroatoms. The highest BCUT2D eigenvalue weighted by Gasteiger charge is 2.53. The smallest absolute Gasteiger partial charge is 0.245 e. The average molecular weight is 678 g/mol. The van der Waals surface area contributed by atoms with E-state index in [2.05, 4.69) is 0 Å². The van der Waals surface area contributed by atoms with Crippen LogP contribution in [0.4, 0.5) is 10.1 Å². The van der Waals surface area contributed by atoms with Gasteiger partial charge in [-0.25, -0.2) is 4.39 Å². The molecule has 2 saturated heterocycles. The van der Waals surface area contributed by atoms with Gasteiger partial charge in [-0.05, 0) is 59.0 Å². The SMILES string of the molecule is O=C1C(S(=O)CCC(O)c2ccc(F)cc2)C(c2ccc(-c3ccc(C4OC(CO)C(O)C(O)C4O)cc3)cc2O)N1c1ccccc1. The Morgan fingerprint density at radius 3 is 2.17 bits per heavy atom. The zero-order valence-corrected chi connectivity index (χ0v) is 26.4. The zero-order chi connectivity index (χ0) is 34.1. The molecule has 6 N–H and O–H groups in total. The molecule has 10 nitrogen and oxygen atoms in total. The molecular formula is C36H36FNO9S. The van der Waals surface area contributed by atoms with Crippen LogP contribution >= 0.6 is 0 Å². The van der Waals surface area contributed by atoms with Crippen molar-refractivity contribution < 1.29 is 48.8 Å². The van der Waals surface area contributed by atoms with Crippen LogP contribution < -0.4 is 4.90 Å². The van der Waals surface area contributed by atoms with Gasteiger partial charge in [0, 0.05) is 27.8 Å². The van der Waals surface area contributed by atoms with Gasteiger partial charge < -0.3 is 40.3 Å². The van der Waals surface area contributed by atoms with E-state index < -0.39 is 71.1 Å². The number of carbonyl (C=O) groups excluding carboxylic acids is 1. The minimum absolute atomic E-state index is 0.00766. The number of aromatic hydroxyl groups is 1. The van der Waals surface area contributed by atoms with Gasteiger partial charge in [0.25, 0.3) is 0 Å². The van der Waals surface area contributed by atoms with Gasteiger partial charge in [0.2, 0.25) is 5.91 Å². The first-order valence-corrected chi connectivity index (χ1v) is 16.9. The Kier molecular flexibility index (Phi) is 10.0. The lowest BCUT2D eigenvalue weighted by Gasteiger charge is -2.47. The van der Waals surface area contributed by atoms with Crippen molar-refractivity contribution in [3.05, 3.63) is 120 Å². The molecule has 0 bridgehead atoms. The van der Waals surface area contributed by atoms with E-state index in [0.717, 1.165) is 0 Å². The highest BCUT2D eigenvalue weighted by Crippen LogP contribution is 2.46. The largest absolute Gasteiger partial charge is 0.508 e. The second kappa shape index (κ2) is 14.2. The molecule has 1 amide bonds. The Hall–Kier alpha value is -4.01. The summed E-state index contributed by atoms with van der Waals surface area (Å²) in [4.78, 5) is 15.0. The fourth-order valence-corrected chi connectivity index (χ4v) is 7.92. The molecular weight excluding hydrogens is 641 g/mol. The van der Waals surface area contributed by atoms with E-state index in [-0.39, 0.29) is 23.8 Å². The molecule has 4 aromatic rings. The maximum atomic E-state index is 13.6. The van der Waals surface area contributed by atoms with E-state index in [9.17, 15) is 44.0 Å². The Balaban J connectivity index is 1.22. The van der Waals surface area contributed by atoms with E-state index in [0.29, 0.717) is 33.5 Å². The van der Waals surface area contributed by atoms with E-state index in [4.69, 9.17) is 4.74 Å². The van der Waals surface area contributed by atoms with Gasteiger partial charge in [-0.3, -0.25) is 9.00 Å². The summed E-state index contributed by atoms with van der Waals surface area (Å²) in [5.41, 5.74) is 3.30. The summed E-state index contributed by atoms with van der Waals surface area (Å²) in [6.45, 7) is -0.536. The van der Waals surface area contributed by atoms with Crippen LogP contribution in [-0.2, 0) is 20.3 Å². The molecule has 2 aliphatic heterocycles. The van der Waals surface area contributed by atoms with Crippen LogP contribution in [0.2, 0.25) is 0 Å². The van der Waals surface area contributed by atoms with E-state index in [1.807, 2.05) is 6.07 Å². The molecule has 9 atom stereocenters. The molecule has 252 valence electrons. The molecule has 48 heavy (non-hydrogen) atoms. The fourth-order valence-electron chi connectivity index (χ4n) is 6.32. The number of hydrogen-bond acceptors (Lipinski definition) is 9. The molecule has 0 saturated carbocycles. The van der Waals surface area contributed by atoms with Crippen LogP contribution in [0.15, 0.2) is 97.1 Å². The lowest BCUT2D eigenvalue weighted by atomic mass is 9.89. The molecule has 0 aromatic heterocycles. The molecule has 6 rings (SSSR count). The Morgan fingerprint density at radius 2 is 1.52 bits per heavy atom. The van der Waals surface area contributed by atoms with Crippen molar-refractivity contribution in [2.75, 3.05) is 17.3 Å². The minimum atomic E-state index is -1.72. The van der Waals surface area contributed by atoms with Gasteiger partial charge in [0.15, 0.2) is 0 Å². The molecule has 0 aliphatic carbocycles. The third kappa shape index (κ3) is 6.52. The lowest BCUT2D eigenvalue weighted by molar-refractivity contribution is -0.231. The van der Waals surface area contributed by atoms with Gasteiger partial charge in [-0.1, -0.05) is 66.7 Å². The van der Waals surface area contributed by atoms with Crippen molar-refractivity contribution in [3.63, 3.8) is 0 Å². The van der Waals surface area contributed by atoms with Crippen molar-refractivity contribution >= 4 is 22.4 Å². The third-order valence-corrected chi connectivity index (χ3v) is 10.7. The van der Waals surface area contributed by atoms with Crippen LogP contribution in [0, 0.1) is 5.82 Å². The van der Waals surface area contributed by atoms with Crippen LogP contribution in [0.1, 0.15) is 41.4 Å². The number of hydrogen-bond donors (Lipinski definition) is 6. The number of carbonyl (C=O) groups is 1. The first-order chi connectivity index (χ1) is 23.1. The van der Waals surface area contributed by atoms with E-state index >= 15 is 0 Å². The van der Waals surface area contributed by atoms with Crippen molar-refractivity contribution in [1.82, 2.24) is 0 Å². The summed E-state index contributed by atoms with van der Waals surface area (Å²) in [6, 6.07) is 25.3. The number of β-lactam (4-membered cyclic amide) rings is 1. The number of phenolic OH excluding ortho intramolecular Hbond substituents is 1. The lowest BCUT2D eigenvalue weighted by Crippen LogP contribution is -2.61. The monoisotopic (exact) mass is 677 g/mol. The highest BCUT2D eigenvalue weighted by molar-refractivity contribution is 7.86. The summed E-state index contributed by atoms with van der Waals surface area (Å²) in [7, 11) is -1.72. The number of aliphatic hydroxyl groups is 5. The number of phenols is 1. The first-order valence-electron chi connectivity index (χ1n) is 15.5. The van der Waals surface area contributed by atoms with Crippen LogP contribution in [0.3, 0.4) is 0 Å². The van der Waals surface area contributed by atoms with Crippen LogP contribution in [-0.4, -0.2) is 82.8 Å². The maximum Gasteiger partial charge on any atom is 0.245 e.